The molecule has 3 N–H and O–H groups in total. The largest absolute Gasteiger partial charge is 0.380 e. The third-order valence-electron chi connectivity index (χ3n) is 5.07. The van der Waals surface area contributed by atoms with Crippen molar-refractivity contribution in [3.8, 4) is 0 Å². The van der Waals surface area contributed by atoms with E-state index in [1.807, 2.05) is 0 Å². The van der Waals surface area contributed by atoms with Gasteiger partial charge in [-0.05, 0) is 31.0 Å². The van der Waals surface area contributed by atoms with Crippen molar-refractivity contribution >= 4 is 52.2 Å². The molecule has 1 aliphatic rings. The molecule has 5 nitrogen and oxygen atoms in total. The van der Waals surface area contributed by atoms with E-state index in [0.717, 1.165) is 38.5 Å². The minimum Gasteiger partial charge on any atom is -0.380 e. The first-order chi connectivity index (χ1) is 13.9. The third-order valence-corrected chi connectivity index (χ3v) is 5.94. The van der Waals surface area contributed by atoms with E-state index in [1.165, 1.54) is 30.6 Å². The number of hydrogen-bond acceptors (Lipinski definition) is 3. The minimum atomic E-state index is -0.534. The van der Waals surface area contributed by atoms with Crippen molar-refractivity contribution in [3.63, 3.8) is 0 Å². The Kier molecular flexibility index (Phi) is 7.44. The molecule has 1 heterocycles. The zero-order valence-corrected chi connectivity index (χ0v) is 18.0. The Bertz CT molecular complexity index is 853. The average molecular weight is 460 g/mol. The zero-order valence-electron chi connectivity index (χ0n) is 15.7. The van der Waals surface area contributed by atoms with Crippen molar-refractivity contribution in [2.45, 2.75) is 44.1 Å². The van der Waals surface area contributed by atoms with Crippen molar-refractivity contribution in [2.75, 3.05) is 17.2 Å². The van der Waals surface area contributed by atoms with Crippen LogP contribution in [-0.4, -0.2) is 23.1 Å². The Labute approximate surface area is 184 Å². The van der Waals surface area contributed by atoms with Crippen LogP contribution in [0, 0.1) is 5.82 Å². The van der Waals surface area contributed by atoms with Gasteiger partial charge in [-0.2, -0.15) is 0 Å². The Balaban J connectivity index is 1.73. The fraction of sp³-hybridized carbons (Fsp3) is 0.400. The predicted molar refractivity (Wildman–Crippen MR) is 117 cm³/mol. The Hall–Kier alpha value is -1.76. The first kappa shape index (κ1) is 21.9. The van der Waals surface area contributed by atoms with Gasteiger partial charge in [-0.25, -0.2) is 9.18 Å². The topological polar surface area (TPSA) is 66.1 Å². The van der Waals surface area contributed by atoms with E-state index in [0.29, 0.717) is 28.0 Å². The van der Waals surface area contributed by atoms with Crippen molar-refractivity contribution in [2.24, 2.45) is 0 Å². The highest BCUT2D eigenvalue weighted by Crippen LogP contribution is 2.32. The van der Waals surface area contributed by atoms with Crippen LogP contribution in [0.15, 0.2) is 30.6 Å². The molecule has 0 unspecified atom stereocenters. The van der Waals surface area contributed by atoms with Gasteiger partial charge in [0.1, 0.15) is 5.82 Å². The molecule has 1 aromatic heterocycles. The summed E-state index contributed by atoms with van der Waals surface area (Å²) in [6.07, 6.45) is 8.92. The summed E-state index contributed by atoms with van der Waals surface area (Å²) in [6.45, 7) is 0.466. The van der Waals surface area contributed by atoms with Gasteiger partial charge >= 0.3 is 6.03 Å². The summed E-state index contributed by atoms with van der Waals surface area (Å²) >= 11 is 18.2. The predicted octanol–water partition coefficient (Wildman–Crippen LogP) is 6.51. The Morgan fingerprint density at radius 1 is 1.03 bits per heavy atom. The number of aromatic nitrogens is 1. The molecule has 156 valence electrons. The van der Waals surface area contributed by atoms with Crippen LogP contribution in [0.4, 0.5) is 20.6 Å². The molecule has 2 amide bonds. The monoisotopic (exact) mass is 458 g/mol. The molecular formula is C20H22Cl3FN4O. The van der Waals surface area contributed by atoms with Gasteiger partial charge in [-0.1, -0.05) is 60.5 Å². The number of hydrogen-bond donors (Lipinski definition) is 3. The van der Waals surface area contributed by atoms with Gasteiger partial charge in [0.2, 0.25) is 0 Å². The van der Waals surface area contributed by atoms with E-state index in [4.69, 9.17) is 34.8 Å². The number of carbonyl (C=O) groups excluding carboxylic acids is 1. The van der Waals surface area contributed by atoms with Gasteiger partial charge in [0, 0.05) is 24.6 Å². The molecule has 3 rings (SSSR count). The molecule has 2 aromatic rings. The summed E-state index contributed by atoms with van der Waals surface area (Å²) in [7, 11) is 0. The molecule has 0 bridgehead atoms. The van der Waals surface area contributed by atoms with E-state index < -0.39 is 11.4 Å². The highest BCUT2D eigenvalue weighted by Gasteiger charge is 2.33. The Morgan fingerprint density at radius 2 is 1.69 bits per heavy atom. The van der Waals surface area contributed by atoms with Crippen molar-refractivity contribution in [1.82, 2.24) is 10.3 Å². The number of halogens is 4. The molecule has 1 aliphatic carbocycles. The molecule has 29 heavy (non-hydrogen) atoms. The lowest BCUT2D eigenvalue weighted by Crippen LogP contribution is -2.54. The lowest BCUT2D eigenvalue weighted by molar-refractivity contribution is 0.232. The minimum absolute atomic E-state index is 0.0457. The van der Waals surface area contributed by atoms with Gasteiger partial charge in [0.25, 0.3) is 0 Å². The molecule has 0 atom stereocenters. The second kappa shape index (κ2) is 9.83. The number of nitrogens with zero attached hydrogens (tertiary/aromatic N) is 1. The fourth-order valence-electron chi connectivity index (χ4n) is 3.57. The van der Waals surface area contributed by atoms with E-state index in [2.05, 4.69) is 20.9 Å². The molecule has 0 radical (unpaired) electrons. The number of benzene rings is 1. The van der Waals surface area contributed by atoms with Gasteiger partial charge in [0.05, 0.1) is 26.3 Å². The summed E-state index contributed by atoms with van der Waals surface area (Å²) in [6, 6.07) is 3.69. The van der Waals surface area contributed by atoms with Crippen molar-refractivity contribution in [3.05, 3.63) is 51.5 Å². The molecular weight excluding hydrogens is 438 g/mol. The maximum Gasteiger partial charge on any atom is 0.319 e. The number of urea groups is 1. The second-order valence-electron chi connectivity index (χ2n) is 7.23. The smallest absolute Gasteiger partial charge is 0.319 e. The number of rotatable bonds is 5. The molecule has 1 saturated carbocycles. The fourth-order valence-corrected chi connectivity index (χ4v) is 4.24. The van der Waals surface area contributed by atoms with E-state index in [9.17, 15) is 9.18 Å². The van der Waals surface area contributed by atoms with Crippen molar-refractivity contribution in [1.29, 1.82) is 0 Å². The van der Waals surface area contributed by atoms with Crippen LogP contribution in [0.3, 0.4) is 0 Å². The second-order valence-corrected chi connectivity index (χ2v) is 8.46. The molecule has 1 aromatic carbocycles. The van der Waals surface area contributed by atoms with Crippen LogP contribution in [0.2, 0.25) is 15.1 Å². The van der Waals surface area contributed by atoms with Gasteiger partial charge in [0.15, 0.2) is 0 Å². The summed E-state index contributed by atoms with van der Waals surface area (Å²) < 4.78 is 13.3. The number of pyridine rings is 1. The summed E-state index contributed by atoms with van der Waals surface area (Å²) in [5.41, 5.74) is 0.547. The van der Waals surface area contributed by atoms with Crippen LogP contribution in [0.1, 0.15) is 38.5 Å². The van der Waals surface area contributed by atoms with E-state index in [1.54, 1.807) is 0 Å². The van der Waals surface area contributed by atoms with Gasteiger partial charge in [-0.3, -0.25) is 4.98 Å². The van der Waals surface area contributed by atoms with Gasteiger partial charge in [-0.15, -0.1) is 0 Å². The highest BCUT2D eigenvalue weighted by molar-refractivity contribution is 6.38. The Morgan fingerprint density at radius 3 is 2.31 bits per heavy atom. The molecule has 1 fully saturated rings. The number of anilines is 2. The molecule has 0 spiro atoms. The van der Waals surface area contributed by atoms with E-state index in [-0.39, 0.29) is 11.1 Å². The number of nitrogens with one attached hydrogen (secondary N) is 3. The van der Waals surface area contributed by atoms with E-state index >= 15 is 0 Å². The third kappa shape index (κ3) is 5.87. The first-order valence-electron chi connectivity index (χ1n) is 9.46. The quantitative estimate of drug-likeness (QED) is 0.447. The SMILES string of the molecule is O=C(Nc1ccc(F)c(Cl)c1)NC1(CNc2c(Cl)cncc2Cl)CCCCCC1. The van der Waals surface area contributed by atoms with Crippen LogP contribution in [-0.2, 0) is 0 Å². The van der Waals surface area contributed by atoms with Crippen LogP contribution in [0.5, 0.6) is 0 Å². The lowest BCUT2D eigenvalue weighted by Gasteiger charge is -2.35. The maximum absolute atomic E-state index is 13.3. The van der Waals surface area contributed by atoms with Crippen molar-refractivity contribution < 1.29 is 9.18 Å². The highest BCUT2D eigenvalue weighted by atomic mass is 35.5. The summed E-state index contributed by atoms with van der Waals surface area (Å²) in [4.78, 5) is 16.6. The normalized spacial score (nSPS) is 16.0. The maximum atomic E-state index is 13.3. The molecule has 0 aliphatic heterocycles. The first-order valence-corrected chi connectivity index (χ1v) is 10.6. The van der Waals surface area contributed by atoms with Crippen LogP contribution >= 0.6 is 34.8 Å². The lowest BCUT2D eigenvalue weighted by atomic mass is 9.90. The average Bonchev–Trinajstić information content (AvgIpc) is 2.90. The molecule has 9 heteroatoms. The standard InChI is InChI=1S/C20H22Cl3FN4O/c21-14-9-13(5-6-17(14)24)27-19(29)28-20(7-3-1-2-4-8-20)12-26-18-15(22)10-25-11-16(18)23/h5-6,9-11H,1-4,7-8,12H2,(H,25,26)(H2,27,28,29). The summed E-state index contributed by atoms with van der Waals surface area (Å²) in [5, 5.41) is 9.93. The number of amides is 2. The van der Waals surface area contributed by atoms with Gasteiger partial charge < -0.3 is 16.0 Å². The van der Waals surface area contributed by atoms with Crippen LogP contribution < -0.4 is 16.0 Å². The van der Waals surface area contributed by atoms with Crippen LogP contribution in [0.25, 0.3) is 0 Å². The molecule has 0 saturated heterocycles. The summed E-state index contributed by atoms with van der Waals surface area (Å²) in [5.74, 6) is -0.534. The number of carbonyl (C=O) groups is 1. The zero-order chi connectivity index (χ0) is 20.9.